The molecule has 1 amide bonds. The number of rotatable bonds is 6. The van der Waals surface area contributed by atoms with Crippen molar-refractivity contribution in [2.45, 2.75) is 39.0 Å². The average Bonchev–Trinajstić information content (AvgIpc) is 3.75. The molecule has 1 saturated heterocycles. The lowest BCUT2D eigenvalue weighted by molar-refractivity contribution is -0.116. The summed E-state index contributed by atoms with van der Waals surface area (Å²) in [5, 5.41) is 11.4. The number of nitrogens with zero attached hydrogens (tertiary/aromatic N) is 7. The molecular weight excluding hydrogens is 579 g/mol. The number of aromatic nitrogens is 6. The van der Waals surface area contributed by atoms with E-state index in [9.17, 15) is 9.59 Å². The van der Waals surface area contributed by atoms with Crippen LogP contribution in [0.15, 0.2) is 52.0 Å². The Kier molecular flexibility index (Phi) is 6.90. The number of fused-ring (bicyclic) bond motifs is 2. The fourth-order valence-electron chi connectivity index (χ4n) is 5.55. The van der Waals surface area contributed by atoms with Gasteiger partial charge in [0.25, 0.3) is 5.56 Å². The van der Waals surface area contributed by atoms with Crippen LogP contribution in [0.5, 0.6) is 0 Å². The molecule has 43 heavy (non-hydrogen) atoms. The van der Waals surface area contributed by atoms with E-state index in [1.807, 2.05) is 4.90 Å². The number of hydrogen-bond acceptors (Lipinski definition) is 9. The Labute approximate surface area is 249 Å². The Hall–Kier alpha value is -4.62. The summed E-state index contributed by atoms with van der Waals surface area (Å²) >= 11 is 6.03. The molecule has 0 unspecified atom stereocenters. The Morgan fingerprint density at radius 3 is 2.91 bits per heavy atom. The average molecular weight is 605 g/mol. The van der Waals surface area contributed by atoms with Crippen LogP contribution in [0.1, 0.15) is 29.7 Å². The van der Waals surface area contributed by atoms with Gasteiger partial charge in [-0.1, -0.05) is 16.8 Å². The molecule has 0 bridgehead atoms. The minimum atomic E-state index is -0.546. The SMILES string of the molecule is Cc1cc(NC(=O)Cn2cc([C@H]3CN(c4cc5c(=O)n6c(nc5c(-c5ccc(Cl)cc5F)n4)CCC6)CCO3)cn2)no1. The van der Waals surface area contributed by atoms with E-state index in [0.717, 1.165) is 12.0 Å². The van der Waals surface area contributed by atoms with Crippen LogP contribution in [-0.4, -0.2) is 55.1 Å². The Morgan fingerprint density at radius 1 is 1.21 bits per heavy atom. The van der Waals surface area contributed by atoms with Gasteiger partial charge >= 0.3 is 0 Å². The van der Waals surface area contributed by atoms with Crippen LogP contribution in [0.3, 0.4) is 0 Å². The van der Waals surface area contributed by atoms with Crippen molar-refractivity contribution in [3.63, 3.8) is 0 Å². The number of hydrogen-bond donors (Lipinski definition) is 1. The van der Waals surface area contributed by atoms with Crippen molar-refractivity contribution in [3.05, 3.63) is 81.1 Å². The van der Waals surface area contributed by atoms with E-state index < -0.39 is 5.82 Å². The van der Waals surface area contributed by atoms with Gasteiger partial charge in [-0.3, -0.25) is 18.8 Å². The maximum absolute atomic E-state index is 15.2. The lowest BCUT2D eigenvalue weighted by Crippen LogP contribution is -2.39. The predicted molar refractivity (Wildman–Crippen MR) is 156 cm³/mol. The molecule has 2 aliphatic heterocycles. The number of carbonyl (C=O) groups excluding carboxylic acids is 1. The van der Waals surface area contributed by atoms with Crippen LogP contribution in [-0.2, 0) is 29.0 Å². The first-order chi connectivity index (χ1) is 20.8. The molecular formula is C29H26ClFN8O4. The molecule has 12 nitrogen and oxygen atoms in total. The zero-order chi connectivity index (χ0) is 29.7. The second-order valence-electron chi connectivity index (χ2n) is 10.6. The summed E-state index contributed by atoms with van der Waals surface area (Å²) < 4.78 is 29.4. The van der Waals surface area contributed by atoms with Crippen LogP contribution >= 0.6 is 11.6 Å². The molecule has 0 spiro atoms. The van der Waals surface area contributed by atoms with E-state index >= 15 is 4.39 Å². The van der Waals surface area contributed by atoms with Crippen LogP contribution in [0.2, 0.25) is 5.02 Å². The summed E-state index contributed by atoms with van der Waals surface area (Å²) in [6.45, 7) is 3.60. The van der Waals surface area contributed by atoms with Crippen molar-refractivity contribution < 1.29 is 18.4 Å². The largest absolute Gasteiger partial charge is 0.370 e. The normalized spacial score (nSPS) is 16.5. The number of nitrogens with one attached hydrogen (secondary N) is 1. The van der Waals surface area contributed by atoms with Gasteiger partial charge in [-0.05, 0) is 37.6 Å². The molecule has 1 aromatic carbocycles. The molecule has 220 valence electrons. The lowest BCUT2D eigenvalue weighted by Gasteiger charge is -2.33. The number of morpholine rings is 1. The van der Waals surface area contributed by atoms with Gasteiger partial charge in [0.1, 0.15) is 47.1 Å². The smallest absolute Gasteiger partial charge is 0.261 e. The summed E-state index contributed by atoms with van der Waals surface area (Å²) in [5.74, 6) is 1.26. The van der Waals surface area contributed by atoms with Crippen LogP contribution < -0.4 is 15.8 Å². The third-order valence-corrected chi connectivity index (χ3v) is 7.83. The summed E-state index contributed by atoms with van der Waals surface area (Å²) in [7, 11) is 0. The third kappa shape index (κ3) is 5.25. The highest BCUT2D eigenvalue weighted by atomic mass is 35.5. The first-order valence-corrected chi connectivity index (χ1v) is 14.2. The Morgan fingerprint density at radius 2 is 2.09 bits per heavy atom. The molecule has 1 atom stereocenters. The number of anilines is 2. The maximum Gasteiger partial charge on any atom is 0.261 e. The zero-order valence-electron chi connectivity index (χ0n) is 23.1. The summed E-state index contributed by atoms with van der Waals surface area (Å²) in [5.41, 5.74) is 1.49. The van der Waals surface area contributed by atoms with E-state index in [0.29, 0.717) is 72.5 Å². The van der Waals surface area contributed by atoms with Crippen molar-refractivity contribution in [2.24, 2.45) is 0 Å². The first-order valence-electron chi connectivity index (χ1n) is 13.8. The topological polar surface area (TPSA) is 133 Å². The Bertz CT molecular complexity index is 1940. The molecule has 0 aliphatic carbocycles. The summed E-state index contributed by atoms with van der Waals surface area (Å²) in [4.78, 5) is 37.6. The van der Waals surface area contributed by atoms with Crippen molar-refractivity contribution in [3.8, 4) is 11.3 Å². The molecule has 0 saturated carbocycles. The number of benzene rings is 1. The van der Waals surface area contributed by atoms with Crippen LogP contribution in [0, 0.1) is 12.7 Å². The van der Waals surface area contributed by atoms with Gasteiger partial charge in [0.2, 0.25) is 5.91 Å². The van der Waals surface area contributed by atoms with Gasteiger partial charge in [-0.15, -0.1) is 0 Å². The highest BCUT2D eigenvalue weighted by molar-refractivity contribution is 6.30. The maximum atomic E-state index is 15.2. The molecule has 5 aromatic rings. The monoisotopic (exact) mass is 604 g/mol. The van der Waals surface area contributed by atoms with E-state index in [4.69, 9.17) is 30.8 Å². The van der Waals surface area contributed by atoms with Crippen molar-refractivity contribution >= 4 is 40.0 Å². The summed E-state index contributed by atoms with van der Waals surface area (Å²) in [6, 6.07) is 7.74. The van der Waals surface area contributed by atoms with Crippen molar-refractivity contribution in [1.29, 1.82) is 0 Å². The highest BCUT2D eigenvalue weighted by Crippen LogP contribution is 2.33. The number of aryl methyl sites for hydroxylation is 2. The number of ether oxygens (including phenoxy) is 1. The van der Waals surface area contributed by atoms with Gasteiger partial charge in [0, 0.05) is 54.5 Å². The van der Waals surface area contributed by atoms with E-state index in [1.54, 1.807) is 48.1 Å². The number of amides is 1. The third-order valence-electron chi connectivity index (χ3n) is 7.59. The second kappa shape index (κ2) is 10.9. The number of halogens is 2. The van der Waals surface area contributed by atoms with E-state index in [2.05, 4.69) is 15.6 Å². The minimum Gasteiger partial charge on any atom is -0.370 e. The number of pyridine rings is 1. The predicted octanol–water partition coefficient (Wildman–Crippen LogP) is 3.91. The summed E-state index contributed by atoms with van der Waals surface area (Å²) in [6.07, 6.45) is 4.53. The molecule has 1 N–H and O–H groups in total. The fourth-order valence-corrected chi connectivity index (χ4v) is 5.71. The Balaban J connectivity index is 1.18. The molecule has 1 fully saturated rings. The lowest BCUT2D eigenvalue weighted by atomic mass is 10.1. The first kappa shape index (κ1) is 27.2. The van der Waals surface area contributed by atoms with Gasteiger partial charge in [0.15, 0.2) is 5.82 Å². The quantitative estimate of drug-likeness (QED) is 0.306. The van der Waals surface area contributed by atoms with E-state index in [-0.39, 0.29) is 34.7 Å². The second-order valence-corrected chi connectivity index (χ2v) is 11.0. The van der Waals surface area contributed by atoms with Gasteiger partial charge < -0.3 is 19.5 Å². The molecule has 2 aliphatic rings. The standard InChI is InChI=1S/C29H26ClFN8O4/c1-16-9-23(36-43-16)33-26(40)15-38-13-17(12-32-38)22-14-37(7-8-42-22)25-11-20-28(34-24-3-2-6-39(24)29(20)41)27(35-25)19-5-4-18(30)10-21(19)31/h4-5,9-13,22H,2-3,6-8,14-15H2,1H3,(H,33,36,40)/t22-/m1/s1. The molecule has 4 aromatic heterocycles. The van der Waals surface area contributed by atoms with E-state index in [1.165, 1.54) is 10.7 Å². The van der Waals surface area contributed by atoms with Gasteiger partial charge in [-0.25, -0.2) is 14.4 Å². The van der Waals surface area contributed by atoms with Crippen molar-refractivity contribution in [2.75, 3.05) is 29.9 Å². The molecule has 7 rings (SSSR count). The number of carbonyl (C=O) groups is 1. The molecule has 0 radical (unpaired) electrons. The van der Waals surface area contributed by atoms with Gasteiger partial charge in [0.05, 0.1) is 18.2 Å². The minimum absolute atomic E-state index is 0.0220. The molecule has 6 heterocycles. The van der Waals surface area contributed by atoms with Crippen LogP contribution in [0.25, 0.3) is 22.2 Å². The van der Waals surface area contributed by atoms with Gasteiger partial charge in [-0.2, -0.15) is 5.10 Å². The van der Waals surface area contributed by atoms with Crippen molar-refractivity contribution in [1.82, 2.24) is 29.5 Å². The fraction of sp³-hybridized carbons (Fsp3) is 0.310. The molecule has 14 heteroatoms. The zero-order valence-corrected chi connectivity index (χ0v) is 23.8. The highest BCUT2D eigenvalue weighted by Gasteiger charge is 2.27. The van der Waals surface area contributed by atoms with Crippen LogP contribution in [0.4, 0.5) is 16.0 Å².